The lowest BCUT2D eigenvalue weighted by atomic mass is 10.3. The second kappa shape index (κ2) is 2.31. The molecule has 0 saturated carbocycles. The summed E-state index contributed by atoms with van der Waals surface area (Å²) in [6.45, 7) is 6.75. The van der Waals surface area contributed by atoms with Gasteiger partial charge in [0.1, 0.15) is 0 Å². The van der Waals surface area contributed by atoms with Crippen LogP contribution in [0.2, 0.25) is 0 Å². The normalized spacial score (nSPS) is 29.5. The Morgan fingerprint density at radius 3 is 2.75 bits per heavy atom. The zero-order chi connectivity index (χ0) is 5.98. The van der Waals surface area contributed by atoms with Gasteiger partial charge in [0.25, 0.3) is 0 Å². The molecular formula is C7H13N. The molecule has 0 aromatic heterocycles. The van der Waals surface area contributed by atoms with Gasteiger partial charge in [-0.1, -0.05) is 19.1 Å². The van der Waals surface area contributed by atoms with E-state index in [0.29, 0.717) is 6.04 Å². The summed E-state index contributed by atoms with van der Waals surface area (Å²) in [5, 5.41) is 0. The summed E-state index contributed by atoms with van der Waals surface area (Å²) < 4.78 is 0. The molecule has 0 aromatic rings. The fraction of sp³-hybridized carbons (Fsp3) is 0.714. The lowest BCUT2D eigenvalue weighted by Crippen LogP contribution is -2.26. The van der Waals surface area contributed by atoms with Crippen LogP contribution in [-0.4, -0.2) is 24.0 Å². The highest BCUT2D eigenvalue weighted by molar-refractivity contribution is 5.01. The highest BCUT2D eigenvalue weighted by atomic mass is 15.1. The number of likely N-dealkylation sites (N-methyl/N-ethyl adjacent to an activating group) is 1. The summed E-state index contributed by atoms with van der Waals surface area (Å²) in [5.41, 5.74) is 0. The van der Waals surface area contributed by atoms with Crippen LogP contribution in [0.3, 0.4) is 0 Å². The monoisotopic (exact) mass is 111 g/mol. The Balaban J connectivity index is 2.38. The van der Waals surface area contributed by atoms with Crippen molar-refractivity contribution in [3.8, 4) is 0 Å². The molecule has 0 saturated heterocycles. The predicted octanol–water partition coefficient (Wildman–Crippen LogP) is 1.27. The van der Waals surface area contributed by atoms with Crippen LogP contribution in [-0.2, 0) is 0 Å². The molecule has 1 atom stereocenters. The number of hydrogen-bond acceptors (Lipinski definition) is 1. The Kier molecular flexibility index (Phi) is 1.69. The van der Waals surface area contributed by atoms with Crippen molar-refractivity contribution < 1.29 is 0 Å². The molecule has 0 aromatic carbocycles. The number of nitrogens with zero attached hydrogens (tertiary/aromatic N) is 1. The average Bonchev–Trinajstić information content (AvgIpc) is 2.14. The molecule has 0 amide bonds. The maximum Gasteiger partial charge on any atom is 0.0253 e. The Labute approximate surface area is 51.0 Å². The first-order chi connectivity index (χ1) is 3.84. The molecule has 1 aliphatic rings. The molecule has 8 heavy (non-hydrogen) atoms. The maximum atomic E-state index is 2.42. The quantitative estimate of drug-likeness (QED) is 0.460. The lowest BCUT2D eigenvalue weighted by molar-refractivity contribution is 0.302. The third kappa shape index (κ3) is 0.920. The van der Waals surface area contributed by atoms with Crippen molar-refractivity contribution in [3.05, 3.63) is 12.2 Å². The van der Waals surface area contributed by atoms with E-state index in [-0.39, 0.29) is 0 Å². The fourth-order valence-corrected chi connectivity index (χ4v) is 1.10. The molecule has 46 valence electrons. The summed E-state index contributed by atoms with van der Waals surface area (Å²) in [6.07, 6.45) is 4.48. The van der Waals surface area contributed by atoms with E-state index >= 15 is 0 Å². The van der Waals surface area contributed by atoms with E-state index in [0.717, 1.165) is 6.54 Å². The minimum atomic E-state index is 0.681. The molecule has 0 N–H and O–H groups in total. The standard InChI is InChI=1S/C7H13N/c1-3-8-6-4-5-7(8)2/h4-5,7H,3,6H2,1-2H3. The highest BCUT2D eigenvalue weighted by Crippen LogP contribution is 2.06. The van der Waals surface area contributed by atoms with E-state index < -0.39 is 0 Å². The van der Waals surface area contributed by atoms with Gasteiger partial charge >= 0.3 is 0 Å². The molecule has 0 radical (unpaired) electrons. The van der Waals surface area contributed by atoms with E-state index in [9.17, 15) is 0 Å². The van der Waals surface area contributed by atoms with E-state index in [1.807, 2.05) is 0 Å². The summed E-state index contributed by atoms with van der Waals surface area (Å²) in [7, 11) is 0. The van der Waals surface area contributed by atoms with Crippen LogP contribution in [0.4, 0.5) is 0 Å². The number of rotatable bonds is 1. The van der Waals surface area contributed by atoms with Crippen molar-refractivity contribution in [2.24, 2.45) is 0 Å². The Morgan fingerprint density at radius 1 is 1.75 bits per heavy atom. The van der Waals surface area contributed by atoms with Crippen LogP contribution in [0.1, 0.15) is 13.8 Å². The first-order valence-corrected chi connectivity index (χ1v) is 3.25. The van der Waals surface area contributed by atoms with Gasteiger partial charge < -0.3 is 0 Å². The number of hydrogen-bond donors (Lipinski definition) is 0. The summed E-state index contributed by atoms with van der Waals surface area (Å²) in [5.74, 6) is 0. The van der Waals surface area contributed by atoms with Crippen molar-refractivity contribution in [1.29, 1.82) is 0 Å². The zero-order valence-corrected chi connectivity index (χ0v) is 5.59. The van der Waals surface area contributed by atoms with Gasteiger partial charge in [-0.2, -0.15) is 0 Å². The third-order valence-corrected chi connectivity index (χ3v) is 1.74. The van der Waals surface area contributed by atoms with Gasteiger partial charge in [0.15, 0.2) is 0 Å². The van der Waals surface area contributed by atoms with E-state index in [1.54, 1.807) is 0 Å². The zero-order valence-electron chi connectivity index (χ0n) is 5.59. The molecule has 1 heterocycles. The summed E-state index contributed by atoms with van der Waals surface area (Å²) in [4.78, 5) is 2.42. The van der Waals surface area contributed by atoms with Gasteiger partial charge in [0.2, 0.25) is 0 Å². The van der Waals surface area contributed by atoms with Gasteiger partial charge in [-0.05, 0) is 13.5 Å². The molecule has 0 bridgehead atoms. The van der Waals surface area contributed by atoms with Crippen molar-refractivity contribution in [2.75, 3.05) is 13.1 Å². The van der Waals surface area contributed by atoms with Crippen LogP contribution in [0.15, 0.2) is 12.2 Å². The molecule has 0 fully saturated rings. The molecule has 1 nitrogen and oxygen atoms in total. The molecule has 1 unspecified atom stereocenters. The molecule has 0 aliphatic carbocycles. The second-order valence-electron chi connectivity index (χ2n) is 2.26. The van der Waals surface area contributed by atoms with Crippen LogP contribution in [0.5, 0.6) is 0 Å². The Hall–Kier alpha value is -0.300. The predicted molar refractivity (Wildman–Crippen MR) is 35.8 cm³/mol. The maximum absolute atomic E-state index is 2.42. The molecular weight excluding hydrogens is 98.1 g/mol. The SMILES string of the molecule is CCN1CC=CC1C. The summed E-state index contributed by atoms with van der Waals surface area (Å²) >= 11 is 0. The summed E-state index contributed by atoms with van der Waals surface area (Å²) in [6, 6.07) is 0.681. The van der Waals surface area contributed by atoms with Crippen molar-refractivity contribution in [1.82, 2.24) is 4.90 Å². The van der Waals surface area contributed by atoms with Crippen LogP contribution >= 0.6 is 0 Å². The van der Waals surface area contributed by atoms with Crippen LogP contribution < -0.4 is 0 Å². The highest BCUT2D eigenvalue weighted by Gasteiger charge is 2.10. The third-order valence-electron chi connectivity index (χ3n) is 1.74. The molecule has 1 heteroatoms. The van der Waals surface area contributed by atoms with E-state index in [1.165, 1.54) is 6.54 Å². The topological polar surface area (TPSA) is 3.24 Å². The Bertz CT molecular complexity index is 96.6. The van der Waals surface area contributed by atoms with E-state index in [4.69, 9.17) is 0 Å². The lowest BCUT2D eigenvalue weighted by Gasteiger charge is -2.17. The van der Waals surface area contributed by atoms with Crippen LogP contribution in [0, 0.1) is 0 Å². The smallest absolute Gasteiger partial charge is 0.0253 e. The van der Waals surface area contributed by atoms with Crippen molar-refractivity contribution >= 4 is 0 Å². The van der Waals surface area contributed by atoms with Crippen LogP contribution in [0.25, 0.3) is 0 Å². The first-order valence-electron chi connectivity index (χ1n) is 3.25. The van der Waals surface area contributed by atoms with Gasteiger partial charge in [-0.3, -0.25) is 4.90 Å². The minimum Gasteiger partial charge on any atom is -0.294 e. The molecule has 0 spiro atoms. The van der Waals surface area contributed by atoms with Gasteiger partial charge in [0.05, 0.1) is 0 Å². The van der Waals surface area contributed by atoms with Crippen molar-refractivity contribution in [3.63, 3.8) is 0 Å². The van der Waals surface area contributed by atoms with Gasteiger partial charge in [-0.25, -0.2) is 0 Å². The van der Waals surface area contributed by atoms with Gasteiger partial charge in [-0.15, -0.1) is 0 Å². The van der Waals surface area contributed by atoms with E-state index in [2.05, 4.69) is 30.9 Å². The second-order valence-corrected chi connectivity index (χ2v) is 2.26. The average molecular weight is 111 g/mol. The molecule has 1 aliphatic heterocycles. The van der Waals surface area contributed by atoms with Gasteiger partial charge in [0, 0.05) is 12.6 Å². The minimum absolute atomic E-state index is 0.681. The molecule has 1 rings (SSSR count). The first kappa shape index (κ1) is 5.83. The largest absolute Gasteiger partial charge is 0.294 e. The van der Waals surface area contributed by atoms with Crippen molar-refractivity contribution in [2.45, 2.75) is 19.9 Å². The Morgan fingerprint density at radius 2 is 2.50 bits per heavy atom. The fourth-order valence-electron chi connectivity index (χ4n) is 1.10.